The molecule has 5 heteroatoms. The number of anilines is 1. The lowest BCUT2D eigenvalue weighted by molar-refractivity contribution is -0.130. The van der Waals surface area contributed by atoms with E-state index in [0.717, 1.165) is 17.5 Å². The molecule has 1 fully saturated rings. The minimum Gasteiger partial charge on any atom is -0.338 e. The number of carbonyl (C=O) groups is 2. The molecular weight excluding hydrogens is 331 g/mol. The molecular formula is C21H21FN2O2. The van der Waals surface area contributed by atoms with E-state index in [1.165, 1.54) is 12.1 Å². The lowest BCUT2D eigenvalue weighted by Crippen LogP contribution is -2.43. The molecule has 0 saturated carbocycles. The third kappa shape index (κ3) is 3.99. The van der Waals surface area contributed by atoms with Crippen LogP contribution in [0.25, 0.3) is 11.1 Å². The largest absolute Gasteiger partial charge is 0.338 e. The fraction of sp³-hybridized carbons (Fsp3) is 0.238. The first-order valence-corrected chi connectivity index (χ1v) is 8.65. The second kappa shape index (κ2) is 7.95. The summed E-state index contributed by atoms with van der Waals surface area (Å²) in [5, 5.41) is 2.66. The summed E-state index contributed by atoms with van der Waals surface area (Å²) < 4.78 is 14.4. The Kier molecular flexibility index (Phi) is 5.46. The Labute approximate surface area is 152 Å². The highest BCUT2D eigenvalue weighted by atomic mass is 19.1. The molecule has 1 aliphatic rings. The van der Waals surface area contributed by atoms with Gasteiger partial charge in [-0.3, -0.25) is 9.59 Å². The van der Waals surface area contributed by atoms with Crippen molar-refractivity contribution in [2.45, 2.75) is 12.8 Å². The average molecular weight is 352 g/mol. The molecule has 134 valence electrons. The summed E-state index contributed by atoms with van der Waals surface area (Å²) in [6.45, 7) is 4.43. The molecule has 1 unspecified atom stereocenters. The second-order valence-electron chi connectivity index (χ2n) is 6.38. The van der Waals surface area contributed by atoms with Crippen LogP contribution in [0.1, 0.15) is 12.8 Å². The van der Waals surface area contributed by atoms with Gasteiger partial charge in [-0.15, -0.1) is 0 Å². The van der Waals surface area contributed by atoms with Gasteiger partial charge >= 0.3 is 0 Å². The summed E-state index contributed by atoms with van der Waals surface area (Å²) in [5.41, 5.74) is 1.82. The molecule has 2 aromatic rings. The van der Waals surface area contributed by atoms with Crippen LogP contribution in [0.3, 0.4) is 0 Å². The highest BCUT2D eigenvalue weighted by Gasteiger charge is 2.27. The first-order chi connectivity index (χ1) is 12.6. The van der Waals surface area contributed by atoms with Gasteiger partial charge in [0.25, 0.3) is 0 Å². The Balaban J connectivity index is 1.69. The minimum atomic E-state index is -0.477. The van der Waals surface area contributed by atoms with Crippen LogP contribution < -0.4 is 5.32 Å². The van der Waals surface area contributed by atoms with Gasteiger partial charge in [-0.25, -0.2) is 4.39 Å². The SMILES string of the molecule is C=CC(=O)N1CCCC(C(=O)Nc2ccc(-c3ccccc3)cc2F)C1. The first kappa shape index (κ1) is 17.9. The van der Waals surface area contributed by atoms with E-state index >= 15 is 0 Å². The zero-order chi connectivity index (χ0) is 18.5. The Morgan fingerprint density at radius 3 is 2.62 bits per heavy atom. The Morgan fingerprint density at radius 2 is 1.92 bits per heavy atom. The van der Waals surface area contributed by atoms with Gasteiger partial charge in [-0.1, -0.05) is 43.0 Å². The molecule has 1 atom stereocenters. The third-order valence-corrected chi connectivity index (χ3v) is 4.61. The fourth-order valence-electron chi connectivity index (χ4n) is 3.18. The molecule has 1 heterocycles. The average Bonchev–Trinajstić information content (AvgIpc) is 2.69. The molecule has 0 radical (unpaired) electrons. The first-order valence-electron chi connectivity index (χ1n) is 8.65. The van der Waals surface area contributed by atoms with Crippen LogP contribution in [-0.4, -0.2) is 29.8 Å². The van der Waals surface area contributed by atoms with Gasteiger partial charge in [0.2, 0.25) is 11.8 Å². The van der Waals surface area contributed by atoms with Gasteiger partial charge in [0.05, 0.1) is 11.6 Å². The molecule has 2 aromatic carbocycles. The molecule has 26 heavy (non-hydrogen) atoms. The summed E-state index contributed by atoms with van der Waals surface area (Å²) in [4.78, 5) is 25.8. The molecule has 0 bridgehead atoms. The number of halogens is 1. The second-order valence-corrected chi connectivity index (χ2v) is 6.38. The standard InChI is InChI=1S/C21H21FN2O2/c1-2-20(25)24-12-6-9-17(14-24)21(26)23-19-11-10-16(13-18(19)22)15-7-4-3-5-8-15/h2-5,7-8,10-11,13,17H,1,6,9,12,14H2,(H,23,26). The van der Waals surface area contributed by atoms with Gasteiger partial charge in [-0.05, 0) is 42.2 Å². The number of likely N-dealkylation sites (tertiary alicyclic amines) is 1. The predicted molar refractivity (Wildman–Crippen MR) is 100.0 cm³/mol. The summed E-state index contributed by atoms with van der Waals surface area (Å²) in [5.74, 6) is -1.27. The van der Waals surface area contributed by atoms with E-state index in [1.807, 2.05) is 30.3 Å². The lowest BCUT2D eigenvalue weighted by atomic mass is 9.96. The van der Waals surface area contributed by atoms with Crippen molar-refractivity contribution in [1.82, 2.24) is 4.90 Å². The number of benzene rings is 2. The van der Waals surface area contributed by atoms with Crippen LogP contribution in [0.5, 0.6) is 0 Å². The molecule has 0 aliphatic carbocycles. The number of carbonyl (C=O) groups excluding carboxylic acids is 2. The molecule has 1 aliphatic heterocycles. The topological polar surface area (TPSA) is 49.4 Å². The number of hydrogen-bond donors (Lipinski definition) is 1. The van der Waals surface area contributed by atoms with E-state index in [2.05, 4.69) is 11.9 Å². The van der Waals surface area contributed by atoms with E-state index in [9.17, 15) is 14.0 Å². The van der Waals surface area contributed by atoms with Crippen molar-refractivity contribution >= 4 is 17.5 Å². The lowest BCUT2D eigenvalue weighted by Gasteiger charge is -2.31. The molecule has 3 rings (SSSR count). The maximum absolute atomic E-state index is 14.4. The summed E-state index contributed by atoms with van der Waals surface area (Å²) in [6, 6.07) is 14.3. The molecule has 2 amide bonds. The third-order valence-electron chi connectivity index (χ3n) is 4.61. The smallest absolute Gasteiger partial charge is 0.245 e. The van der Waals surface area contributed by atoms with Crippen LogP contribution in [0, 0.1) is 11.7 Å². The van der Waals surface area contributed by atoms with Crippen molar-refractivity contribution in [2.75, 3.05) is 18.4 Å². The maximum Gasteiger partial charge on any atom is 0.245 e. The molecule has 1 N–H and O–H groups in total. The highest BCUT2D eigenvalue weighted by molar-refractivity contribution is 5.94. The van der Waals surface area contributed by atoms with Crippen molar-refractivity contribution in [2.24, 2.45) is 5.92 Å². The van der Waals surface area contributed by atoms with Gasteiger partial charge < -0.3 is 10.2 Å². The Hall–Kier alpha value is -2.95. The van der Waals surface area contributed by atoms with Gasteiger partial charge in [-0.2, -0.15) is 0 Å². The van der Waals surface area contributed by atoms with Crippen LogP contribution in [-0.2, 0) is 9.59 Å². The number of amides is 2. The molecule has 0 spiro atoms. The van der Waals surface area contributed by atoms with Crippen LogP contribution in [0.15, 0.2) is 61.2 Å². The van der Waals surface area contributed by atoms with Crippen molar-refractivity contribution in [1.29, 1.82) is 0 Å². The predicted octanol–water partition coefficient (Wildman–Crippen LogP) is 3.86. The number of rotatable bonds is 4. The normalized spacial score (nSPS) is 16.8. The van der Waals surface area contributed by atoms with Crippen molar-refractivity contribution in [3.63, 3.8) is 0 Å². The minimum absolute atomic E-state index is 0.154. The van der Waals surface area contributed by atoms with E-state index < -0.39 is 5.82 Å². The zero-order valence-corrected chi connectivity index (χ0v) is 14.5. The fourth-order valence-corrected chi connectivity index (χ4v) is 3.18. The van der Waals surface area contributed by atoms with Gasteiger partial charge in [0.15, 0.2) is 0 Å². The molecule has 1 saturated heterocycles. The number of piperidine rings is 1. The van der Waals surface area contributed by atoms with Crippen LogP contribution >= 0.6 is 0 Å². The summed E-state index contributed by atoms with van der Waals surface area (Å²) in [6.07, 6.45) is 2.67. The zero-order valence-electron chi connectivity index (χ0n) is 14.5. The maximum atomic E-state index is 14.4. The number of hydrogen-bond acceptors (Lipinski definition) is 2. The van der Waals surface area contributed by atoms with Gasteiger partial charge in [0, 0.05) is 13.1 Å². The summed E-state index contributed by atoms with van der Waals surface area (Å²) in [7, 11) is 0. The van der Waals surface area contributed by atoms with Crippen molar-refractivity contribution in [3.05, 3.63) is 67.0 Å². The Morgan fingerprint density at radius 1 is 1.15 bits per heavy atom. The van der Waals surface area contributed by atoms with E-state index in [1.54, 1.807) is 17.0 Å². The van der Waals surface area contributed by atoms with Crippen LogP contribution in [0.2, 0.25) is 0 Å². The highest BCUT2D eigenvalue weighted by Crippen LogP contribution is 2.25. The van der Waals surface area contributed by atoms with Crippen molar-refractivity contribution in [3.8, 4) is 11.1 Å². The van der Waals surface area contributed by atoms with E-state index in [4.69, 9.17) is 0 Å². The summed E-state index contributed by atoms with van der Waals surface area (Å²) >= 11 is 0. The van der Waals surface area contributed by atoms with Gasteiger partial charge in [0.1, 0.15) is 5.82 Å². The monoisotopic (exact) mass is 352 g/mol. The van der Waals surface area contributed by atoms with E-state index in [0.29, 0.717) is 19.5 Å². The number of nitrogens with zero attached hydrogens (tertiary/aromatic N) is 1. The quantitative estimate of drug-likeness (QED) is 0.850. The Bertz CT molecular complexity index is 820. The molecule has 4 nitrogen and oxygen atoms in total. The molecule has 0 aromatic heterocycles. The number of nitrogens with one attached hydrogen (secondary N) is 1. The van der Waals surface area contributed by atoms with Crippen LogP contribution in [0.4, 0.5) is 10.1 Å². The van der Waals surface area contributed by atoms with Crippen molar-refractivity contribution < 1.29 is 14.0 Å². The van der Waals surface area contributed by atoms with E-state index in [-0.39, 0.29) is 23.4 Å².